The fourth-order valence-electron chi connectivity index (χ4n) is 4.27. The van der Waals surface area contributed by atoms with Gasteiger partial charge in [0.1, 0.15) is 11.8 Å². The highest BCUT2D eigenvalue weighted by molar-refractivity contribution is 7.10. The van der Waals surface area contributed by atoms with Crippen molar-refractivity contribution in [1.82, 2.24) is 4.90 Å². The number of nitrogens with one attached hydrogen (secondary N) is 1. The number of hydrogen-bond acceptors (Lipinski definition) is 4. The number of benzene rings is 1. The lowest BCUT2D eigenvalue weighted by molar-refractivity contribution is -0.910. The summed E-state index contributed by atoms with van der Waals surface area (Å²) in [6.45, 7) is 5.14. The van der Waals surface area contributed by atoms with Crippen molar-refractivity contribution in [2.24, 2.45) is 0 Å². The molecule has 1 aromatic heterocycles. The highest BCUT2D eigenvalue weighted by Crippen LogP contribution is 2.23. The minimum Gasteiger partial charge on any atom is -0.497 e. The van der Waals surface area contributed by atoms with Crippen LogP contribution in [0, 0.1) is 0 Å². The number of ether oxygens (including phenoxy) is 1. The zero-order valence-corrected chi connectivity index (χ0v) is 16.7. The summed E-state index contributed by atoms with van der Waals surface area (Å²) in [7, 11) is 1.69. The summed E-state index contributed by atoms with van der Waals surface area (Å²) in [4.78, 5) is 20.1. The number of amides is 1. The Morgan fingerprint density at radius 3 is 2.63 bits per heavy atom. The van der Waals surface area contributed by atoms with Crippen LogP contribution in [0.3, 0.4) is 0 Å². The normalized spacial score (nSPS) is 22.9. The average Bonchev–Trinajstić information content (AvgIpc) is 3.40. The molecule has 2 aliphatic rings. The summed E-state index contributed by atoms with van der Waals surface area (Å²) < 4.78 is 5.23. The van der Waals surface area contributed by atoms with Gasteiger partial charge in [-0.1, -0.05) is 6.07 Å². The Hall–Kier alpha value is -2.05. The second kappa shape index (κ2) is 8.31. The molecule has 0 saturated carbocycles. The molecule has 3 heterocycles. The van der Waals surface area contributed by atoms with Gasteiger partial charge in [0.05, 0.1) is 18.5 Å². The van der Waals surface area contributed by atoms with Gasteiger partial charge in [-0.25, -0.2) is 0 Å². The summed E-state index contributed by atoms with van der Waals surface area (Å²) in [5.41, 5.74) is 1.20. The van der Waals surface area contributed by atoms with Crippen LogP contribution in [0.5, 0.6) is 5.75 Å². The standard InChI is InChI=1S/C21H27N3O2S/c1-26-18-8-6-17(7-9-18)22-11-13-23(14-12-22)21(25)16-24-10-2-4-19(24)20-5-3-15-27-20/h3,5-9,15,19H,2,4,10-14,16H2,1H3/p+1/t19-/m0/s1. The SMILES string of the molecule is COc1ccc(N2CCN(C(=O)C[NH+]3CCC[C@H]3c3cccs3)CC2)cc1. The Morgan fingerprint density at radius 2 is 1.96 bits per heavy atom. The molecule has 0 radical (unpaired) electrons. The van der Waals surface area contributed by atoms with Crippen molar-refractivity contribution in [3.8, 4) is 5.75 Å². The number of rotatable bonds is 5. The lowest BCUT2D eigenvalue weighted by Gasteiger charge is -2.36. The van der Waals surface area contributed by atoms with Crippen LogP contribution in [-0.2, 0) is 4.79 Å². The van der Waals surface area contributed by atoms with Gasteiger partial charge < -0.3 is 19.4 Å². The molecule has 4 rings (SSSR count). The van der Waals surface area contributed by atoms with E-state index in [1.54, 1.807) is 7.11 Å². The molecule has 1 N–H and O–H groups in total. The molecular formula is C21H28N3O2S+. The number of methoxy groups -OCH3 is 1. The van der Waals surface area contributed by atoms with E-state index in [1.165, 1.54) is 28.3 Å². The molecule has 2 atom stereocenters. The highest BCUT2D eigenvalue weighted by atomic mass is 32.1. The molecule has 2 aliphatic heterocycles. The zero-order valence-electron chi connectivity index (χ0n) is 15.9. The van der Waals surface area contributed by atoms with Gasteiger partial charge in [0, 0.05) is 44.7 Å². The molecule has 5 nitrogen and oxygen atoms in total. The van der Waals surface area contributed by atoms with Crippen LogP contribution in [0.25, 0.3) is 0 Å². The van der Waals surface area contributed by atoms with Crippen LogP contribution in [-0.4, -0.2) is 57.2 Å². The number of carbonyl (C=O) groups is 1. The Bertz CT molecular complexity index is 739. The maximum Gasteiger partial charge on any atom is 0.277 e. The minimum atomic E-state index is 0.308. The molecule has 1 unspecified atom stereocenters. The van der Waals surface area contributed by atoms with Crippen molar-refractivity contribution in [1.29, 1.82) is 0 Å². The summed E-state index contributed by atoms with van der Waals surface area (Å²) in [6.07, 6.45) is 2.42. The average molecular weight is 387 g/mol. The monoisotopic (exact) mass is 386 g/mol. The van der Waals surface area contributed by atoms with Gasteiger partial charge in [-0.2, -0.15) is 0 Å². The number of carbonyl (C=O) groups excluding carboxylic acids is 1. The largest absolute Gasteiger partial charge is 0.497 e. The third-order valence-electron chi connectivity index (χ3n) is 5.82. The van der Waals surface area contributed by atoms with E-state index in [-0.39, 0.29) is 0 Å². The molecule has 0 bridgehead atoms. The Kier molecular flexibility index (Phi) is 5.64. The molecule has 2 saturated heterocycles. The van der Waals surface area contributed by atoms with Crippen LogP contribution in [0.1, 0.15) is 23.8 Å². The van der Waals surface area contributed by atoms with E-state index in [0.717, 1.165) is 38.5 Å². The fourth-order valence-corrected chi connectivity index (χ4v) is 5.19. The van der Waals surface area contributed by atoms with E-state index >= 15 is 0 Å². The van der Waals surface area contributed by atoms with Crippen LogP contribution in [0.15, 0.2) is 41.8 Å². The smallest absolute Gasteiger partial charge is 0.277 e. The Balaban J connectivity index is 1.30. The number of likely N-dealkylation sites (tertiary alicyclic amines) is 1. The van der Waals surface area contributed by atoms with Crippen LogP contribution in [0.2, 0.25) is 0 Å². The fraction of sp³-hybridized carbons (Fsp3) is 0.476. The number of anilines is 1. The predicted octanol–water partition coefficient (Wildman–Crippen LogP) is 1.83. The first-order valence-corrected chi connectivity index (χ1v) is 10.7. The van der Waals surface area contributed by atoms with Gasteiger partial charge >= 0.3 is 0 Å². The first kappa shape index (κ1) is 18.3. The van der Waals surface area contributed by atoms with Crippen molar-refractivity contribution in [2.75, 3.05) is 51.3 Å². The number of piperazine rings is 1. The van der Waals surface area contributed by atoms with Crippen LogP contribution in [0.4, 0.5) is 5.69 Å². The van der Waals surface area contributed by atoms with Gasteiger partial charge in [0.25, 0.3) is 5.91 Å². The maximum absolute atomic E-state index is 12.9. The predicted molar refractivity (Wildman–Crippen MR) is 109 cm³/mol. The van der Waals surface area contributed by atoms with E-state index in [4.69, 9.17) is 4.74 Å². The van der Waals surface area contributed by atoms with Crippen LogP contribution >= 0.6 is 11.3 Å². The summed E-state index contributed by atoms with van der Waals surface area (Å²) in [6, 6.07) is 13.0. The molecular weight excluding hydrogens is 358 g/mol. The maximum atomic E-state index is 12.9. The van der Waals surface area contributed by atoms with E-state index in [9.17, 15) is 4.79 Å². The molecule has 1 amide bonds. The van der Waals surface area contributed by atoms with E-state index < -0.39 is 0 Å². The summed E-state index contributed by atoms with van der Waals surface area (Å²) >= 11 is 1.83. The second-order valence-corrected chi connectivity index (χ2v) is 8.34. The van der Waals surface area contributed by atoms with E-state index in [0.29, 0.717) is 18.5 Å². The number of hydrogen-bond donors (Lipinski definition) is 1. The first-order valence-electron chi connectivity index (χ1n) is 9.79. The lowest BCUT2D eigenvalue weighted by atomic mass is 10.2. The Morgan fingerprint density at radius 1 is 1.19 bits per heavy atom. The van der Waals surface area contributed by atoms with Gasteiger partial charge in [-0.15, -0.1) is 11.3 Å². The minimum absolute atomic E-state index is 0.308. The van der Waals surface area contributed by atoms with Crippen molar-refractivity contribution < 1.29 is 14.4 Å². The molecule has 6 heteroatoms. The van der Waals surface area contributed by atoms with Crippen molar-refractivity contribution in [3.63, 3.8) is 0 Å². The lowest BCUT2D eigenvalue weighted by Crippen LogP contribution is -3.11. The quantitative estimate of drug-likeness (QED) is 0.852. The molecule has 2 aromatic rings. The van der Waals surface area contributed by atoms with Crippen LogP contribution < -0.4 is 14.5 Å². The van der Waals surface area contributed by atoms with E-state index in [1.807, 2.05) is 23.5 Å². The molecule has 0 spiro atoms. The van der Waals surface area contributed by atoms with E-state index in [2.05, 4.69) is 39.4 Å². The number of nitrogens with zero attached hydrogens (tertiary/aromatic N) is 2. The van der Waals surface area contributed by atoms with Crippen molar-refractivity contribution in [3.05, 3.63) is 46.7 Å². The second-order valence-electron chi connectivity index (χ2n) is 7.36. The summed E-state index contributed by atoms with van der Waals surface area (Å²) in [5, 5.41) is 2.14. The third-order valence-corrected chi connectivity index (χ3v) is 6.80. The van der Waals surface area contributed by atoms with Gasteiger partial charge in [-0.05, 0) is 35.7 Å². The number of quaternary nitrogens is 1. The molecule has 27 heavy (non-hydrogen) atoms. The molecule has 2 fully saturated rings. The molecule has 1 aromatic carbocycles. The molecule has 0 aliphatic carbocycles. The number of thiophene rings is 1. The highest BCUT2D eigenvalue weighted by Gasteiger charge is 2.34. The third kappa shape index (κ3) is 4.12. The van der Waals surface area contributed by atoms with Gasteiger partial charge in [0.2, 0.25) is 0 Å². The molecule has 144 valence electrons. The summed E-state index contributed by atoms with van der Waals surface area (Å²) in [5.74, 6) is 1.18. The zero-order chi connectivity index (χ0) is 18.6. The van der Waals surface area contributed by atoms with Crippen molar-refractivity contribution >= 4 is 22.9 Å². The topological polar surface area (TPSA) is 37.2 Å². The van der Waals surface area contributed by atoms with Crippen molar-refractivity contribution in [2.45, 2.75) is 18.9 Å². The van der Waals surface area contributed by atoms with Gasteiger partial charge in [-0.3, -0.25) is 4.79 Å². The van der Waals surface area contributed by atoms with Gasteiger partial charge in [0.15, 0.2) is 6.54 Å². The first-order chi connectivity index (χ1) is 13.2. The Labute approximate surface area is 165 Å².